The summed E-state index contributed by atoms with van der Waals surface area (Å²) in [6.45, 7) is 5.64. The van der Waals surface area contributed by atoms with Gasteiger partial charge in [0.2, 0.25) is 11.8 Å². The topological polar surface area (TPSA) is 49.4 Å². The first-order valence-electron chi connectivity index (χ1n) is 6.28. The Morgan fingerprint density at radius 2 is 2.00 bits per heavy atom. The van der Waals surface area contributed by atoms with Crippen LogP contribution in [0.5, 0.6) is 0 Å². The lowest BCUT2D eigenvalue weighted by Gasteiger charge is -2.16. The molecule has 0 saturated carbocycles. The average molecular weight is 308 g/mol. The summed E-state index contributed by atoms with van der Waals surface area (Å²) in [5.41, 5.74) is 2.80. The van der Waals surface area contributed by atoms with E-state index in [1.807, 2.05) is 32.0 Å². The maximum Gasteiger partial charge on any atom is 0.244 e. The maximum absolute atomic E-state index is 12.1. The zero-order valence-corrected chi connectivity index (χ0v) is 13.2. The monoisotopic (exact) mass is 308 g/mol. The summed E-state index contributed by atoms with van der Waals surface area (Å²) in [5, 5.41) is 2.66. The van der Waals surface area contributed by atoms with E-state index in [-0.39, 0.29) is 23.6 Å². The number of hydrogen-bond donors (Lipinski definition) is 1. The Labute approximate surface area is 127 Å². The van der Waals surface area contributed by atoms with E-state index in [4.69, 9.17) is 12.2 Å². The van der Waals surface area contributed by atoms with Crippen LogP contribution in [0.4, 0.5) is 5.69 Å². The Hall–Kier alpha value is -1.40. The molecular weight excluding hydrogens is 292 g/mol. The largest absolute Gasteiger partial charge is 0.324 e. The lowest BCUT2D eigenvalue weighted by Crippen LogP contribution is -2.37. The second kappa shape index (κ2) is 5.93. The molecule has 1 N–H and O–H groups in total. The fourth-order valence-electron chi connectivity index (χ4n) is 2.05. The van der Waals surface area contributed by atoms with Crippen LogP contribution in [0, 0.1) is 13.8 Å². The second-order valence-electron chi connectivity index (χ2n) is 4.77. The number of rotatable bonds is 3. The number of para-hydroxylation sites is 1. The van der Waals surface area contributed by atoms with Gasteiger partial charge in [-0.3, -0.25) is 14.5 Å². The normalized spacial score (nSPS) is 18.6. The van der Waals surface area contributed by atoms with E-state index < -0.39 is 0 Å². The predicted octanol–water partition coefficient (Wildman–Crippen LogP) is 2.49. The highest BCUT2D eigenvalue weighted by Crippen LogP contribution is 2.26. The Balaban J connectivity index is 2.07. The number of thioether (sulfide) groups is 1. The van der Waals surface area contributed by atoms with E-state index in [9.17, 15) is 9.59 Å². The third-order valence-electron chi connectivity index (χ3n) is 3.16. The van der Waals surface area contributed by atoms with Crippen LogP contribution in [0.2, 0.25) is 0 Å². The number of nitrogens with zero attached hydrogens (tertiary/aromatic N) is 1. The van der Waals surface area contributed by atoms with Crippen molar-refractivity contribution in [1.29, 1.82) is 0 Å². The van der Waals surface area contributed by atoms with Gasteiger partial charge in [-0.2, -0.15) is 0 Å². The van der Waals surface area contributed by atoms with Crippen LogP contribution >= 0.6 is 24.0 Å². The fraction of sp³-hybridized carbons (Fsp3) is 0.357. The zero-order chi connectivity index (χ0) is 14.9. The lowest BCUT2D eigenvalue weighted by molar-refractivity contribution is -0.129. The van der Waals surface area contributed by atoms with Crippen molar-refractivity contribution in [3.8, 4) is 0 Å². The number of thiocarbonyl (C=S) groups is 1. The Bertz CT molecular complexity index is 566. The van der Waals surface area contributed by atoms with Gasteiger partial charge in [-0.15, -0.1) is 0 Å². The number of carbonyl (C=O) groups excluding carboxylic acids is 2. The maximum atomic E-state index is 12.1. The molecule has 1 aromatic rings. The third-order valence-corrected chi connectivity index (χ3v) is 4.65. The molecule has 1 aromatic carbocycles. The molecule has 1 unspecified atom stereocenters. The molecule has 0 aliphatic carbocycles. The molecule has 1 aliphatic heterocycles. The number of anilines is 1. The molecular formula is C14H16N2O2S2. The number of nitrogens with one attached hydrogen (secondary N) is 1. The van der Waals surface area contributed by atoms with Crippen LogP contribution in [-0.2, 0) is 9.59 Å². The SMILES string of the molecule is Cc1cccc(C)c1NC(=O)CN1C(=O)C(C)SC1=S. The van der Waals surface area contributed by atoms with Crippen LogP contribution in [0.15, 0.2) is 18.2 Å². The van der Waals surface area contributed by atoms with Gasteiger partial charge in [-0.05, 0) is 31.9 Å². The van der Waals surface area contributed by atoms with Crippen LogP contribution in [0.25, 0.3) is 0 Å². The molecule has 6 heteroatoms. The van der Waals surface area contributed by atoms with E-state index in [2.05, 4.69) is 5.32 Å². The molecule has 2 rings (SSSR count). The molecule has 1 saturated heterocycles. The molecule has 0 spiro atoms. The molecule has 1 heterocycles. The summed E-state index contributed by atoms with van der Waals surface area (Å²) in [5.74, 6) is -0.329. The van der Waals surface area contributed by atoms with E-state index in [1.165, 1.54) is 16.7 Å². The second-order valence-corrected chi connectivity index (χ2v) is 6.74. The summed E-state index contributed by atoms with van der Waals surface area (Å²) in [6, 6.07) is 5.82. The molecule has 2 amide bonds. The molecule has 1 fully saturated rings. The van der Waals surface area contributed by atoms with E-state index in [0.29, 0.717) is 4.32 Å². The standard InChI is InChI=1S/C14H16N2O2S2/c1-8-5-4-6-9(2)12(8)15-11(17)7-16-13(18)10(3)20-14(16)19/h4-6,10H,7H2,1-3H3,(H,15,17). The van der Waals surface area contributed by atoms with Gasteiger partial charge in [0.1, 0.15) is 10.9 Å². The third kappa shape index (κ3) is 3.02. The molecule has 106 valence electrons. The van der Waals surface area contributed by atoms with Gasteiger partial charge in [-0.25, -0.2) is 0 Å². The van der Waals surface area contributed by atoms with E-state index in [1.54, 1.807) is 6.92 Å². The highest BCUT2D eigenvalue weighted by molar-refractivity contribution is 8.24. The zero-order valence-electron chi connectivity index (χ0n) is 11.6. The first kappa shape index (κ1) is 15.0. The van der Waals surface area contributed by atoms with Crippen LogP contribution < -0.4 is 5.32 Å². The average Bonchev–Trinajstić information content (AvgIpc) is 2.61. The van der Waals surface area contributed by atoms with Gasteiger partial charge in [0.05, 0.1) is 5.25 Å². The van der Waals surface area contributed by atoms with Crippen molar-refractivity contribution in [1.82, 2.24) is 4.90 Å². The first-order valence-corrected chi connectivity index (χ1v) is 7.57. The summed E-state index contributed by atoms with van der Waals surface area (Å²) >= 11 is 6.44. The highest BCUT2D eigenvalue weighted by Gasteiger charge is 2.34. The summed E-state index contributed by atoms with van der Waals surface area (Å²) in [7, 11) is 0. The first-order chi connectivity index (χ1) is 9.40. The molecule has 0 bridgehead atoms. The predicted molar refractivity (Wildman–Crippen MR) is 85.9 cm³/mol. The molecule has 1 atom stereocenters. The smallest absolute Gasteiger partial charge is 0.244 e. The van der Waals surface area contributed by atoms with Crippen molar-refractivity contribution in [3.05, 3.63) is 29.3 Å². The van der Waals surface area contributed by atoms with Gasteiger partial charge in [0, 0.05) is 5.69 Å². The number of benzene rings is 1. The Morgan fingerprint density at radius 3 is 2.50 bits per heavy atom. The summed E-state index contributed by atoms with van der Waals surface area (Å²) in [4.78, 5) is 25.3. The molecule has 20 heavy (non-hydrogen) atoms. The highest BCUT2D eigenvalue weighted by atomic mass is 32.2. The lowest BCUT2D eigenvalue weighted by atomic mass is 10.1. The molecule has 0 radical (unpaired) electrons. The van der Waals surface area contributed by atoms with Crippen molar-refractivity contribution in [2.24, 2.45) is 0 Å². The summed E-state index contributed by atoms with van der Waals surface area (Å²) in [6.07, 6.45) is 0. The van der Waals surface area contributed by atoms with Gasteiger partial charge >= 0.3 is 0 Å². The number of aryl methyl sites for hydroxylation is 2. The van der Waals surface area contributed by atoms with Crippen LogP contribution in [-0.4, -0.2) is 32.8 Å². The molecule has 4 nitrogen and oxygen atoms in total. The number of carbonyl (C=O) groups is 2. The molecule has 0 aromatic heterocycles. The van der Waals surface area contributed by atoms with Crippen LogP contribution in [0.3, 0.4) is 0 Å². The van der Waals surface area contributed by atoms with E-state index in [0.717, 1.165) is 16.8 Å². The fourth-order valence-corrected chi connectivity index (χ4v) is 3.45. The van der Waals surface area contributed by atoms with Gasteiger partial charge in [-0.1, -0.05) is 42.2 Å². The van der Waals surface area contributed by atoms with Crippen molar-refractivity contribution < 1.29 is 9.59 Å². The van der Waals surface area contributed by atoms with Gasteiger partial charge in [0.25, 0.3) is 0 Å². The van der Waals surface area contributed by atoms with E-state index >= 15 is 0 Å². The van der Waals surface area contributed by atoms with Crippen molar-refractivity contribution in [2.45, 2.75) is 26.0 Å². The van der Waals surface area contributed by atoms with Gasteiger partial charge < -0.3 is 5.32 Å². The van der Waals surface area contributed by atoms with Crippen molar-refractivity contribution in [3.63, 3.8) is 0 Å². The minimum Gasteiger partial charge on any atom is -0.324 e. The van der Waals surface area contributed by atoms with Crippen LogP contribution in [0.1, 0.15) is 18.1 Å². The van der Waals surface area contributed by atoms with Crippen molar-refractivity contribution in [2.75, 3.05) is 11.9 Å². The minimum absolute atomic E-state index is 0.0250. The van der Waals surface area contributed by atoms with Gasteiger partial charge in [0.15, 0.2) is 0 Å². The van der Waals surface area contributed by atoms with Crippen molar-refractivity contribution >= 4 is 45.8 Å². The Kier molecular flexibility index (Phi) is 4.45. The summed E-state index contributed by atoms with van der Waals surface area (Å²) < 4.78 is 0.471. The number of hydrogen-bond acceptors (Lipinski definition) is 4. The quantitative estimate of drug-likeness (QED) is 0.872. The molecule has 1 aliphatic rings. The minimum atomic E-state index is -0.229. The Morgan fingerprint density at radius 1 is 1.40 bits per heavy atom. The number of amides is 2.